The minimum absolute atomic E-state index is 0.0421. The SMILES string of the molecule is C#CCC(=O)Nc1nc(-c2ccc(Oc3ccccc3)cc2)cs1. The number of hydrogen-bond acceptors (Lipinski definition) is 4. The molecule has 0 spiro atoms. The number of rotatable bonds is 5. The number of terminal acetylenes is 1. The molecule has 0 unspecified atom stereocenters. The minimum Gasteiger partial charge on any atom is -0.457 e. The molecule has 4 nitrogen and oxygen atoms in total. The number of nitrogens with one attached hydrogen (secondary N) is 1. The number of thiazole rings is 1. The van der Waals surface area contributed by atoms with Gasteiger partial charge in [0.05, 0.1) is 12.1 Å². The molecule has 0 atom stereocenters. The number of aromatic nitrogens is 1. The fourth-order valence-electron chi connectivity index (χ4n) is 2.04. The molecule has 118 valence electrons. The normalized spacial score (nSPS) is 9.96. The van der Waals surface area contributed by atoms with Crippen molar-refractivity contribution in [3.63, 3.8) is 0 Å². The van der Waals surface area contributed by atoms with E-state index >= 15 is 0 Å². The smallest absolute Gasteiger partial charge is 0.238 e. The zero-order valence-corrected chi connectivity index (χ0v) is 13.5. The molecule has 3 rings (SSSR count). The van der Waals surface area contributed by atoms with Gasteiger partial charge in [0.2, 0.25) is 5.91 Å². The second-order valence-corrected chi connectivity index (χ2v) is 5.76. The van der Waals surface area contributed by atoms with Gasteiger partial charge in [-0.3, -0.25) is 4.79 Å². The maximum absolute atomic E-state index is 11.5. The van der Waals surface area contributed by atoms with Gasteiger partial charge < -0.3 is 10.1 Å². The van der Waals surface area contributed by atoms with Crippen molar-refractivity contribution in [2.24, 2.45) is 0 Å². The Bertz CT molecular complexity index is 864. The number of hydrogen-bond donors (Lipinski definition) is 1. The van der Waals surface area contributed by atoms with Crippen molar-refractivity contribution in [1.82, 2.24) is 4.98 Å². The lowest BCUT2D eigenvalue weighted by molar-refractivity contribution is -0.115. The van der Waals surface area contributed by atoms with E-state index in [0.717, 1.165) is 22.8 Å². The standard InChI is InChI=1S/C19H14N2O2S/c1-2-6-18(22)21-19-20-17(13-24-19)14-9-11-16(12-10-14)23-15-7-4-3-5-8-15/h1,3-5,7-13H,6H2,(H,20,21,22). The van der Waals surface area contributed by atoms with Crippen LogP contribution in [0.1, 0.15) is 6.42 Å². The van der Waals surface area contributed by atoms with Gasteiger partial charge in [-0.15, -0.1) is 17.8 Å². The molecule has 2 aromatic carbocycles. The molecular weight excluding hydrogens is 320 g/mol. The van der Waals surface area contributed by atoms with E-state index in [1.54, 1.807) is 0 Å². The molecule has 0 aliphatic heterocycles. The molecular formula is C19H14N2O2S. The average Bonchev–Trinajstić information content (AvgIpc) is 3.05. The van der Waals surface area contributed by atoms with E-state index in [-0.39, 0.29) is 12.3 Å². The molecule has 0 radical (unpaired) electrons. The van der Waals surface area contributed by atoms with E-state index in [2.05, 4.69) is 16.2 Å². The number of anilines is 1. The summed E-state index contributed by atoms with van der Waals surface area (Å²) in [5, 5.41) is 5.10. The molecule has 3 aromatic rings. The first-order valence-corrected chi connectivity index (χ1v) is 8.15. The summed E-state index contributed by atoms with van der Waals surface area (Å²) in [5.41, 5.74) is 1.74. The van der Waals surface area contributed by atoms with E-state index in [9.17, 15) is 4.79 Å². The highest BCUT2D eigenvalue weighted by Gasteiger charge is 2.07. The van der Waals surface area contributed by atoms with Crippen LogP contribution in [0.2, 0.25) is 0 Å². The summed E-state index contributed by atoms with van der Waals surface area (Å²) in [5.74, 6) is 3.61. The highest BCUT2D eigenvalue weighted by atomic mass is 32.1. The summed E-state index contributed by atoms with van der Waals surface area (Å²) in [7, 11) is 0. The Balaban J connectivity index is 1.69. The first kappa shape index (κ1) is 15.8. The number of para-hydroxylation sites is 1. The van der Waals surface area contributed by atoms with E-state index in [1.807, 2.05) is 60.0 Å². The van der Waals surface area contributed by atoms with Gasteiger partial charge in [0, 0.05) is 10.9 Å². The Morgan fingerprint density at radius 2 is 1.83 bits per heavy atom. The summed E-state index contributed by atoms with van der Waals surface area (Å²) in [6, 6.07) is 17.2. The highest BCUT2D eigenvalue weighted by molar-refractivity contribution is 7.14. The summed E-state index contributed by atoms with van der Waals surface area (Å²) in [4.78, 5) is 15.9. The van der Waals surface area contributed by atoms with Crippen molar-refractivity contribution in [2.45, 2.75) is 6.42 Å². The third-order valence-electron chi connectivity index (χ3n) is 3.14. The third kappa shape index (κ3) is 4.00. The first-order valence-electron chi connectivity index (χ1n) is 7.27. The predicted molar refractivity (Wildman–Crippen MR) is 96.1 cm³/mol. The van der Waals surface area contributed by atoms with Gasteiger partial charge in [0.25, 0.3) is 0 Å². The van der Waals surface area contributed by atoms with Crippen LogP contribution >= 0.6 is 11.3 Å². The van der Waals surface area contributed by atoms with Crippen molar-refractivity contribution in [1.29, 1.82) is 0 Å². The Hall–Kier alpha value is -3.10. The lowest BCUT2D eigenvalue weighted by atomic mass is 10.2. The second kappa shape index (κ2) is 7.44. The number of nitrogens with zero attached hydrogens (tertiary/aromatic N) is 1. The summed E-state index contributed by atoms with van der Waals surface area (Å²) in [6.07, 6.45) is 5.15. The average molecular weight is 334 g/mol. The topological polar surface area (TPSA) is 51.2 Å². The maximum Gasteiger partial charge on any atom is 0.238 e. The summed E-state index contributed by atoms with van der Waals surface area (Å²) < 4.78 is 5.76. The molecule has 1 heterocycles. The van der Waals surface area contributed by atoms with Crippen LogP contribution in [0.25, 0.3) is 11.3 Å². The molecule has 0 aliphatic rings. The minimum atomic E-state index is -0.231. The van der Waals surface area contributed by atoms with Crippen LogP contribution in [0.5, 0.6) is 11.5 Å². The van der Waals surface area contributed by atoms with Crippen LogP contribution in [0.15, 0.2) is 60.0 Å². The first-order chi connectivity index (χ1) is 11.7. The van der Waals surface area contributed by atoms with Crippen molar-refractivity contribution in [3.05, 3.63) is 60.0 Å². The van der Waals surface area contributed by atoms with Gasteiger partial charge >= 0.3 is 0 Å². The largest absolute Gasteiger partial charge is 0.457 e. The maximum atomic E-state index is 11.5. The Kier molecular flexibility index (Phi) is 4.90. The van der Waals surface area contributed by atoms with Gasteiger partial charge in [-0.25, -0.2) is 4.98 Å². The monoisotopic (exact) mass is 334 g/mol. The molecule has 5 heteroatoms. The summed E-state index contributed by atoms with van der Waals surface area (Å²) >= 11 is 1.36. The van der Waals surface area contributed by atoms with Gasteiger partial charge in [0.15, 0.2) is 5.13 Å². The Morgan fingerprint density at radius 1 is 1.12 bits per heavy atom. The Labute approximate surface area is 144 Å². The fourth-order valence-corrected chi connectivity index (χ4v) is 2.77. The highest BCUT2D eigenvalue weighted by Crippen LogP contribution is 2.28. The lowest BCUT2D eigenvalue weighted by Gasteiger charge is -2.05. The molecule has 0 bridgehead atoms. The molecule has 1 N–H and O–H groups in total. The number of ether oxygens (including phenoxy) is 1. The zero-order valence-electron chi connectivity index (χ0n) is 12.7. The molecule has 1 aromatic heterocycles. The summed E-state index contributed by atoms with van der Waals surface area (Å²) in [6.45, 7) is 0. The molecule has 0 saturated heterocycles. The predicted octanol–water partition coefficient (Wildman–Crippen LogP) is 4.56. The zero-order chi connectivity index (χ0) is 16.8. The van der Waals surface area contributed by atoms with Gasteiger partial charge in [-0.05, 0) is 36.4 Å². The second-order valence-electron chi connectivity index (χ2n) is 4.91. The van der Waals surface area contributed by atoms with Crippen LogP contribution in [0, 0.1) is 12.3 Å². The van der Waals surface area contributed by atoms with E-state index in [1.165, 1.54) is 11.3 Å². The molecule has 24 heavy (non-hydrogen) atoms. The van der Waals surface area contributed by atoms with Crippen molar-refractivity contribution in [2.75, 3.05) is 5.32 Å². The van der Waals surface area contributed by atoms with E-state index < -0.39 is 0 Å². The van der Waals surface area contributed by atoms with Crippen molar-refractivity contribution < 1.29 is 9.53 Å². The quantitative estimate of drug-likeness (QED) is 0.696. The van der Waals surface area contributed by atoms with Crippen LogP contribution in [-0.2, 0) is 4.79 Å². The van der Waals surface area contributed by atoms with Gasteiger partial charge in [0.1, 0.15) is 11.5 Å². The molecule has 0 saturated carbocycles. The molecule has 1 amide bonds. The number of carbonyl (C=O) groups is 1. The molecule has 0 fully saturated rings. The number of carbonyl (C=O) groups excluding carboxylic acids is 1. The lowest BCUT2D eigenvalue weighted by Crippen LogP contribution is -2.09. The number of benzene rings is 2. The Morgan fingerprint density at radius 3 is 2.54 bits per heavy atom. The van der Waals surface area contributed by atoms with Crippen LogP contribution < -0.4 is 10.1 Å². The van der Waals surface area contributed by atoms with E-state index in [4.69, 9.17) is 11.2 Å². The fraction of sp³-hybridized carbons (Fsp3) is 0.0526. The molecule has 0 aliphatic carbocycles. The number of amides is 1. The van der Waals surface area contributed by atoms with Crippen molar-refractivity contribution in [3.8, 4) is 35.1 Å². The van der Waals surface area contributed by atoms with E-state index in [0.29, 0.717) is 5.13 Å². The van der Waals surface area contributed by atoms with Crippen LogP contribution in [0.4, 0.5) is 5.13 Å². The third-order valence-corrected chi connectivity index (χ3v) is 3.90. The van der Waals surface area contributed by atoms with Gasteiger partial charge in [-0.1, -0.05) is 24.1 Å². The van der Waals surface area contributed by atoms with Crippen LogP contribution in [0.3, 0.4) is 0 Å². The van der Waals surface area contributed by atoms with Crippen LogP contribution in [-0.4, -0.2) is 10.9 Å². The van der Waals surface area contributed by atoms with Crippen molar-refractivity contribution >= 4 is 22.4 Å². The van der Waals surface area contributed by atoms with Gasteiger partial charge in [-0.2, -0.15) is 0 Å².